The predicted molar refractivity (Wildman–Crippen MR) is 97.6 cm³/mol. The zero-order valence-corrected chi connectivity index (χ0v) is 14.6. The van der Waals surface area contributed by atoms with Crippen molar-refractivity contribution in [3.8, 4) is 17.2 Å². The van der Waals surface area contributed by atoms with Crippen molar-refractivity contribution in [2.45, 2.75) is 13.8 Å². The zero-order chi connectivity index (χ0) is 16.8. The van der Waals surface area contributed by atoms with Crippen LogP contribution < -0.4 is 13.6 Å². The molecule has 0 saturated heterocycles. The molecule has 3 aromatic carbocycles. The van der Waals surface area contributed by atoms with Gasteiger partial charge in [-0.1, -0.05) is 54.1 Å². The van der Waals surface area contributed by atoms with Crippen LogP contribution in [0.25, 0.3) is 0 Å². The SMILES string of the molecule is Cc1ccc(OP(Oc2ccccc2)Oc2ccccc2)c(C)c1. The molecule has 3 aromatic rings. The predicted octanol–water partition coefficient (Wildman–Crippen LogP) is 6.07. The molecule has 0 fully saturated rings. The number of rotatable bonds is 6. The van der Waals surface area contributed by atoms with Crippen LogP contribution in [-0.2, 0) is 0 Å². The van der Waals surface area contributed by atoms with E-state index in [4.69, 9.17) is 13.6 Å². The molecular weight excluding hydrogens is 319 g/mol. The molecule has 0 aliphatic carbocycles. The zero-order valence-electron chi connectivity index (χ0n) is 13.7. The normalized spacial score (nSPS) is 10.5. The van der Waals surface area contributed by atoms with E-state index in [2.05, 4.69) is 13.0 Å². The number of hydrogen-bond acceptors (Lipinski definition) is 3. The maximum atomic E-state index is 6.03. The van der Waals surface area contributed by atoms with Gasteiger partial charge in [-0.3, -0.25) is 0 Å². The van der Waals surface area contributed by atoms with E-state index in [1.807, 2.05) is 79.7 Å². The monoisotopic (exact) mass is 338 g/mol. The number of aryl methyl sites for hydroxylation is 2. The Morgan fingerprint density at radius 2 is 1.17 bits per heavy atom. The molecule has 0 amide bonds. The second kappa shape index (κ2) is 7.85. The van der Waals surface area contributed by atoms with Gasteiger partial charge in [0.2, 0.25) is 0 Å². The van der Waals surface area contributed by atoms with Crippen molar-refractivity contribution < 1.29 is 13.6 Å². The fourth-order valence-electron chi connectivity index (χ4n) is 2.17. The maximum Gasteiger partial charge on any atom is 0.530 e. The smallest absolute Gasteiger partial charge is 0.409 e. The van der Waals surface area contributed by atoms with E-state index in [0.717, 1.165) is 11.3 Å². The minimum absolute atomic E-state index is 0.712. The van der Waals surface area contributed by atoms with Gasteiger partial charge in [-0.2, -0.15) is 0 Å². The Bertz CT molecular complexity index is 734. The lowest BCUT2D eigenvalue weighted by Gasteiger charge is -2.19. The Morgan fingerprint density at radius 1 is 0.625 bits per heavy atom. The minimum Gasteiger partial charge on any atom is -0.409 e. The van der Waals surface area contributed by atoms with Gasteiger partial charge in [0, 0.05) is 0 Å². The van der Waals surface area contributed by atoms with E-state index in [0.29, 0.717) is 11.5 Å². The molecule has 0 aliphatic heterocycles. The van der Waals surface area contributed by atoms with Crippen LogP contribution in [0, 0.1) is 13.8 Å². The van der Waals surface area contributed by atoms with Crippen LogP contribution in [0.4, 0.5) is 0 Å². The summed E-state index contributed by atoms with van der Waals surface area (Å²) in [5, 5.41) is 0. The van der Waals surface area contributed by atoms with Gasteiger partial charge in [-0.15, -0.1) is 0 Å². The largest absolute Gasteiger partial charge is 0.530 e. The molecule has 0 heterocycles. The lowest BCUT2D eigenvalue weighted by atomic mass is 10.1. The van der Waals surface area contributed by atoms with Crippen LogP contribution in [0.2, 0.25) is 0 Å². The van der Waals surface area contributed by atoms with Crippen LogP contribution in [0.5, 0.6) is 17.2 Å². The number of hydrogen-bond donors (Lipinski definition) is 0. The second-order valence-corrected chi connectivity index (χ2v) is 6.39. The van der Waals surface area contributed by atoms with Gasteiger partial charge in [0.25, 0.3) is 0 Å². The van der Waals surface area contributed by atoms with Gasteiger partial charge in [-0.25, -0.2) is 0 Å². The molecule has 0 radical (unpaired) electrons. The molecule has 3 rings (SSSR count). The van der Waals surface area contributed by atoms with Gasteiger partial charge in [0.1, 0.15) is 17.2 Å². The molecule has 0 saturated carbocycles. The van der Waals surface area contributed by atoms with Crippen LogP contribution in [-0.4, -0.2) is 0 Å². The topological polar surface area (TPSA) is 27.7 Å². The first-order valence-corrected chi connectivity index (χ1v) is 8.81. The third kappa shape index (κ3) is 4.50. The van der Waals surface area contributed by atoms with Crippen molar-refractivity contribution in [2.75, 3.05) is 0 Å². The Hall–Kier alpha value is -2.51. The summed E-state index contributed by atoms with van der Waals surface area (Å²) in [4.78, 5) is 0. The van der Waals surface area contributed by atoms with Gasteiger partial charge in [0.05, 0.1) is 0 Å². The maximum absolute atomic E-state index is 6.03. The van der Waals surface area contributed by atoms with E-state index in [1.54, 1.807) is 0 Å². The van der Waals surface area contributed by atoms with Crippen LogP contribution in [0.3, 0.4) is 0 Å². The van der Waals surface area contributed by atoms with Crippen molar-refractivity contribution in [1.29, 1.82) is 0 Å². The number of benzene rings is 3. The van der Waals surface area contributed by atoms with Crippen LogP contribution in [0.15, 0.2) is 78.9 Å². The summed E-state index contributed by atoms with van der Waals surface area (Å²) in [6.07, 6.45) is 0. The van der Waals surface area contributed by atoms with Gasteiger partial charge in [0.15, 0.2) is 0 Å². The highest BCUT2D eigenvalue weighted by Gasteiger charge is 2.20. The van der Waals surface area contributed by atoms with Gasteiger partial charge in [-0.05, 0) is 49.7 Å². The summed E-state index contributed by atoms with van der Waals surface area (Å²) in [5.41, 5.74) is 2.24. The fraction of sp³-hybridized carbons (Fsp3) is 0.100. The van der Waals surface area contributed by atoms with E-state index >= 15 is 0 Å². The Labute approximate surface area is 143 Å². The molecule has 0 bridgehead atoms. The average Bonchev–Trinajstić information content (AvgIpc) is 2.59. The molecule has 24 heavy (non-hydrogen) atoms. The summed E-state index contributed by atoms with van der Waals surface area (Å²) in [6, 6.07) is 25.1. The lowest BCUT2D eigenvalue weighted by Crippen LogP contribution is -2.03. The van der Waals surface area contributed by atoms with Crippen molar-refractivity contribution >= 4 is 8.60 Å². The van der Waals surface area contributed by atoms with Crippen molar-refractivity contribution in [1.82, 2.24) is 0 Å². The van der Waals surface area contributed by atoms with E-state index in [9.17, 15) is 0 Å². The summed E-state index contributed by atoms with van der Waals surface area (Å²) in [5.74, 6) is 2.19. The highest BCUT2D eigenvalue weighted by molar-refractivity contribution is 7.43. The van der Waals surface area contributed by atoms with Crippen molar-refractivity contribution in [3.05, 3.63) is 90.0 Å². The molecule has 0 unspecified atom stereocenters. The van der Waals surface area contributed by atoms with Crippen LogP contribution >= 0.6 is 8.60 Å². The van der Waals surface area contributed by atoms with Gasteiger partial charge >= 0.3 is 8.60 Å². The first kappa shape index (κ1) is 16.4. The summed E-state index contributed by atoms with van der Waals surface area (Å²) in [6.45, 7) is 4.07. The van der Waals surface area contributed by atoms with Crippen LogP contribution in [0.1, 0.15) is 11.1 Å². The van der Waals surface area contributed by atoms with E-state index in [1.165, 1.54) is 5.56 Å². The third-order valence-corrected chi connectivity index (χ3v) is 4.42. The standard InChI is InChI=1S/C20H19O3P/c1-16-13-14-20(17(2)15-16)23-24(21-18-9-5-3-6-10-18)22-19-11-7-4-8-12-19/h3-15H,1-2H3. The molecule has 0 atom stereocenters. The summed E-state index contributed by atoms with van der Waals surface area (Å²) >= 11 is 0. The molecule has 0 aliphatic rings. The Kier molecular flexibility index (Phi) is 5.35. The molecule has 0 aromatic heterocycles. The Morgan fingerprint density at radius 3 is 1.67 bits per heavy atom. The third-order valence-electron chi connectivity index (χ3n) is 3.35. The van der Waals surface area contributed by atoms with Gasteiger partial charge < -0.3 is 13.6 Å². The number of para-hydroxylation sites is 2. The van der Waals surface area contributed by atoms with Crippen molar-refractivity contribution in [2.24, 2.45) is 0 Å². The molecule has 0 N–H and O–H groups in total. The minimum atomic E-state index is -1.62. The molecule has 122 valence electrons. The molecular formula is C20H19O3P. The fourth-order valence-corrected chi connectivity index (χ4v) is 3.24. The second-order valence-electron chi connectivity index (χ2n) is 5.39. The quantitative estimate of drug-likeness (QED) is 0.511. The first-order valence-electron chi connectivity index (χ1n) is 7.72. The lowest BCUT2D eigenvalue weighted by molar-refractivity contribution is 0.387. The van der Waals surface area contributed by atoms with E-state index < -0.39 is 8.60 Å². The van der Waals surface area contributed by atoms with E-state index in [-0.39, 0.29) is 0 Å². The Balaban J connectivity index is 1.80. The molecule has 0 spiro atoms. The highest BCUT2D eigenvalue weighted by atomic mass is 31.2. The highest BCUT2D eigenvalue weighted by Crippen LogP contribution is 2.43. The first-order chi connectivity index (χ1) is 11.7. The summed E-state index contributed by atoms with van der Waals surface area (Å²) in [7, 11) is -1.62. The summed E-state index contributed by atoms with van der Waals surface area (Å²) < 4.78 is 17.9. The molecule has 4 heteroatoms. The molecule has 3 nitrogen and oxygen atoms in total. The average molecular weight is 338 g/mol. The van der Waals surface area contributed by atoms with Crippen molar-refractivity contribution in [3.63, 3.8) is 0 Å².